The predicted molar refractivity (Wildman–Crippen MR) is 109 cm³/mol. The normalized spacial score (nSPS) is 12.2. The highest BCUT2D eigenvalue weighted by Crippen LogP contribution is 2.25. The molecule has 0 aromatic carbocycles. The second-order valence-corrected chi connectivity index (χ2v) is 6.49. The van der Waals surface area contributed by atoms with E-state index >= 15 is 0 Å². The molecule has 29 heavy (non-hydrogen) atoms. The molecular weight excluding hydrogens is 371 g/mol. The summed E-state index contributed by atoms with van der Waals surface area (Å²) in [5.41, 5.74) is 9.14. The summed E-state index contributed by atoms with van der Waals surface area (Å²) in [6.45, 7) is 3.86. The van der Waals surface area contributed by atoms with Crippen LogP contribution in [0.3, 0.4) is 0 Å². The maximum absolute atomic E-state index is 13.1. The van der Waals surface area contributed by atoms with Gasteiger partial charge >= 0.3 is 0 Å². The summed E-state index contributed by atoms with van der Waals surface area (Å²) in [5, 5.41) is 4.10. The summed E-state index contributed by atoms with van der Waals surface area (Å²) in [6, 6.07) is 9.35. The number of aromatic nitrogens is 3. The van der Waals surface area contributed by atoms with E-state index in [1.54, 1.807) is 38.4 Å². The van der Waals surface area contributed by atoms with Crippen molar-refractivity contribution in [3.05, 3.63) is 83.4 Å². The molecule has 3 aromatic rings. The van der Waals surface area contributed by atoms with Gasteiger partial charge in [0, 0.05) is 24.9 Å². The van der Waals surface area contributed by atoms with E-state index in [4.69, 9.17) is 15.0 Å². The number of ether oxygens (including phenoxy) is 1. The molecule has 0 aliphatic carbocycles. The Kier molecular flexibility index (Phi) is 6.73. The minimum atomic E-state index is -0.183. The van der Waals surface area contributed by atoms with Gasteiger partial charge in [-0.15, -0.1) is 0 Å². The third-order valence-electron chi connectivity index (χ3n) is 4.22. The van der Waals surface area contributed by atoms with Crippen molar-refractivity contribution in [1.29, 1.82) is 0 Å². The molecule has 0 saturated carbocycles. The van der Waals surface area contributed by atoms with Crippen molar-refractivity contribution >= 4 is 5.82 Å². The Morgan fingerprint density at radius 2 is 2.07 bits per heavy atom. The van der Waals surface area contributed by atoms with Crippen LogP contribution in [-0.2, 0) is 17.8 Å². The second-order valence-electron chi connectivity index (χ2n) is 6.49. The van der Waals surface area contributed by atoms with Crippen LogP contribution in [-0.4, -0.2) is 15.1 Å². The lowest BCUT2D eigenvalue weighted by Gasteiger charge is -2.06. The first-order valence-electron chi connectivity index (χ1n) is 9.31. The molecule has 0 aliphatic heterocycles. The van der Waals surface area contributed by atoms with Gasteiger partial charge in [-0.25, -0.2) is 9.37 Å². The molecule has 0 saturated heterocycles. The maximum Gasteiger partial charge on any atom is 0.170 e. The molecule has 0 aliphatic rings. The lowest BCUT2D eigenvalue weighted by molar-refractivity contribution is 0.197. The van der Waals surface area contributed by atoms with Crippen molar-refractivity contribution in [2.24, 2.45) is 0 Å². The largest absolute Gasteiger partial charge is 0.492 e. The number of allylic oxidation sites excluding steroid dienone is 4. The molecule has 0 unspecified atom stereocenters. The Morgan fingerprint density at radius 3 is 2.79 bits per heavy atom. The van der Waals surface area contributed by atoms with Gasteiger partial charge in [0.15, 0.2) is 5.76 Å². The molecule has 2 N–H and O–H groups in total. The van der Waals surface area contributed by atoms with Crippen molar-refractivity contribution in [2.75, 3.05) is 5.73 Å². The molecule has 0 bridgehead atoms. The third-order valence-corrected chi connectivity index (χ3v) is 4.22. The van der Waals surface area contributed by atoms with Gasteiger partial charge < -0.3 is 15.0 Å². The minimum Gasteiger partial charge on any atom is -0.492 e. The molecule has 3 aromatic heterocycles. The molecule has 0 atom stereocenters. The van der Waals surface area contributed by atoms with Crippen LogP contribution in [0.1, 0.15) is 37.2 Å². The Labute approximate surface area is 168 Å². The van der Waals surface area contributed by atoms with Crippen molar-refractivity contribution in [3.8, 4) is 11.3 Å². The summed E-state index contributed by atoms with van der Waals surface area (Å²) in [4.78, 5) is 8.46. The van der Waals surface area contributed by atoms with Crippen molar-refractivity contribution in [3.63, 3.8) is 0 Å². The highest BCUT2D eigenvalue weighted by Gasteiger charge is 2.11. The average molecular weight is 394 g/mol. The molecule has 6 nitrogen and oxygen atoms in total. The van der Waals surface area contributed by atoms with Crippen LogP contribution in [0.4, 0.5) is 10.2 Å². The summed E-state index contributed by atoms with van der Waals surface area (Å²) in [5.74, 6) is 1.43. The predicted octanol–water partition coefficient (Wildman–Crippen LogP) is 4.99. The maximum atomic E-state index is 13.1. The second kappa shape index (κ2) is 9.64. The van der Waals surface area contributed by atoms with E-state index in [0.717, 1.165) is 17.0 Å². The highest BCUT2D eigenvalue weighted by molar-refractivity contribution is 5.69. The zero-order valence-electron chi connectivity index (χ0n) is 16.4. The number of nitrogens with two attached hydrogens (primary N) is 1. The number of pyridine rings is 2. The van der Waals surface area contributed by atoms with Crippen LogP contribution in [0.2, 0.25) is 0 Å². The first-order chi connectivity index (χ1) is 14.0. The van der Waals surface area contributed by atoms with Gasteiger partial charge in [-0.05, 0) is 49.3 Å². The first kappa shape index (κ1) is 20.3. The third kappa shape index (κ3) is 5.75. The molecule has 7 heteroatoms. The lowest BCUT2D eigenvalue weighted by atomic mass is 10.1. The summed E-state index contributed by atoms with van der Waals surface area (Å²) >= 11 is 0. The fourth-order valence-corrected chi connectivity index (χ4v) is 2.56. The van der Waals surface area contributed by atoms with Gasteiger partial charge in [-0.3, -0.25) is 4.98 Å². The molecule has 0 amide bonds. The Hall–Kier alpha value is -3.48. The fraction of sp³-hybridized carbons (Fsp3) is 0.227. The number of rotatable bonds is 8. The van der Waals surface area contributed by atoms with Gasteiger partial charge in [0.2, 0.25) is 0 Å². The number of hydrogen-bond donors (Lipinski definition) is 1. The van der Waals surface area contributed by atoms with E-state index in [-0.39, 0.29) is 5.83 Å². The highest BCUT2D eigenvalue weighted by atomic mass is 19.1. The standard InChI is InChI=1S/C22H23FN4O2/c1-3-17(23)8-6-15(2)28-14-18-9-7-16(13-26-18)11-19-12-21(29-27-19)20-5-4-10-25-22(20)24/h4-10,12-13H,3,11,14H2,1-2H3,(H2,24,25)/b15-6+,17-8+. The summed E-state index contributed by atoms with van der Waals surface area (Å²) in [7, 11) is 0. The van der Waals surface area contributed by atoms with Crippen LogP contribution >= 0.6 is 0 Å². The van der Waals surface area contributed by atoms with E-state index in [2.05, 4.69) is 15.1 Å². The molecule has 3 heterocycles. The van der Waals surface area contributed by atoms with Crippen LogP contribution in [0.5, 0.6) is 0 Å². The molecular formula is C22H23FN4O2. The molecule has 0 spiro atoms. The Bertz CT molecular complexity index is 1010. The fourth-order valence-electron chi connectivity index (χ4n) is 2.56. The van der Waals surface area contributed by atoms with E-state index in [1.807, 2.05) is 24.3 Å². The van der Waals surface area contributed by atoms with Crippen molar-refractivity contribution in [2.45, 2.75) is 33.3 Å². The van der Waals surface area contributed by atoms with E-state index in [9.17, 15) is 4.39 Å². The smallest absolute Gasteiger partial charge is 0.170 e. The van der Waals surface area contributed by atoms with Crippen molar-refractivity contribution < 1.29 is 13.7 Å². The van der Waals surface area contributed by atoms with Gasteiger partial charge in [-0.1, -0.05) is 18.1 Å². The van der Waals surface area contributed by atoms with Crippen molar-refractivity contribution in [1.82, 2.24) is 15.1 Å². The molecule has 0 radical (unpaired) electrons. The average Bonchev–Trinajstić information content (AvgIpc) is 3.20. The SMILES string of the molecule is CC/C(F)=C\C=C(/C)OCc1ccc(Cc2cc(-c3cccnc3N)on2)cn1. The Morgan fingerprint density at radius 1 is 1.21 bits per heavy atom. The zero-order valence-corrected chi connectivity index (χ0v) is 16.4. The van der Waals surface area contributed by atoms with E-state index < -0.39 is 0 Å². The minimum absolute atomic E-state index is 0.183. The monoisotopic (exact) mass is 394 g/mol. The molecule has 150 valence electrons. The molecule has 3 rings (SSSR count). The number of anilines is 1. The summed E-state index contributed by atoms with van der Waals surface area (Å²) in [6.07, 6.45) is 7.39. The first-order valence-corrected chi connectivity index (χ1v) is 9.31. The number of hydrogen-bond acceptors (Lipinski definition) is 6. The quantitative estimate of drug-likeness (QED) is 0.428. The lowest BCUT2D eigenvalue weighted by Crippen LogP contribution is -1.96. The van der Waals surface area contributed by atoms with E-state index in [1.165, 1.54) is 6.08 Å². The van der Waals surface area contributed by atoms with Crippen LogP contribution in [0.25, 0.3) is 11.3 Å². The van der Waals surface area contributed by atoms with Gasteiger partial charge in [0.1, 0.15) is 12.4 Å². The van der Waals surface area contributed by atoms with Crippen LogP contribution in [0, 0.1) is 0 Å². The number of halogens is 1. The number of nitrogens with zero attached hydrogens (tertiary/aromatic N) is 3. The van der Waals surface area contributed by atoms with Crippen LogP contribution in [0.15, 0.2) is 71.0 Å². The van der Waals surface area contributed by atoms with Gasteiger partial charge in [0.25, 0.3) is 0 Å². The number of nitrogen functional groups attached to an aromatic ring is 1. The Balaban J connectivity index is 1.58. The van der Waals surface area contributed by atoms with Crippen LogP contribution < -0.4 is 5.73 Å². The molecule has 0 fully saturated rings. The van der Waals surface area contributed by atoms with E-state index in [0.29, 0.717) is 42.3 Å². The van der Waals surface area contributed by atoms with Gasteiger partial charge in [0.05, 0.1) is 28.5 Å². The summed E-state index contributed by atoms with van der Waals surface area (Å²) < 4.78 is 24.1. The topological polar surface area (TPSA) is 87.1 Å². The van der Waals surface area contributed by atoms with Gasteiger partial charge in [-0.2, -0.15) is 0 Å². The zero-order chi connectivity index (χ0) is 20.6.